The molecule has 1 aromatic carbocycles. The topological polar surface area (TPSA) is 58.4 Å². The van der Waals surface area contributed by atoms with E-state index in [0.29, 0.717) is 19.6 Å². The summed E-state index contributed by atoms with van der Waals surface area (Å²) in [7, 11) is 0. The van der Waals surface area contributed by atoms with Crippen molar-refractivity contribution >= 4 is 11.6 Å². The van der Waals surface area contributed by atoms with Crippen molar-refractivity contribution in [1.82, 2.24) is 5.32 Å². The number of benzene rings is 1. The quantitative estimate of drug-likeness (QED) is 0.680. The number of carbonyl (C=O) groups excluding carboxylic acids is 1. The normalized spacial score (nSPS) is 10.3. The minimum absolute atomic E-state index is 0.0141. The molecule has 1 rings (SSSR count). The average Bonchev–Trinajstić information content (AvgIpc) is 2.44. The standard InChI is InChI=1S/C15H24FN3O/c1-2-3-10-18-15(20)12-19(11-4-9-17)14-7-5-13(16)6-8-14/h5-8H,2-4,9-12,17H2,1H3,(H,18,20). The number of anilines is 1. The molecule has 3 N–H and O–H groups in total. The van der Waals surface area contributed by atoms with E-state index in [2.05, 4.69) is 12.2 Å². The van der Waals surface area contributed by atoms with Crippen LogP contribution in [0.4, 0.5) is 10.1 Å². The van der Waals surface area contributed by atoms with Crippen LogP contribution in [0.25, 0.3) is 0 Å². The highest BCUT2D eigenvalue weighted by atomic mass is 19.1. The first-order valence-corrected chi connectivity index (χ1v) is 7.14. The Kier molecular flexibility index (Phi) is 7.65. The maximum absolute atomic E-state index is 13.0. The maximum atomic E-state index is 13.0. The van der Waals surface area contributed by atoms with Gasteiger partial charge in [0.05, 0.1) is 6.54 Å². The molecule has 20 heavy (non-hydrogen) atoms. The van der Waals surface area contributed by atoms with E-state index in [1.807, 2.05) is 4.90 Å². The van der Waals surface area contributed by atoms with Crippen LogP contribution in [0, 0.1) is 5.82 Å². The first-order valence-electron chi connectivity index (χ1n) is 7.14. The highest BCUT2D eigenvalue weighted by Gasteiger charge is 2.11. The molecule has 0 fully saturated rings. The Morgan fingerprint density at radius 3 is 2.60 bits per heavy atom. The number of unbranched alkanes of at least 4 members (excludes halogenated alkanes) is 1. The average molecular weight is 281 g/mol. The number of hydrogen-bond donors (Lipinski definition) is 2. The van der Waals surface area contributed by atoms with Gasteiger partial charge in [-0.1, -0.05) is 13.3 Å². The molecule has 0 aliphatic heterocycles. The van der Waals surface area contributed by atoms with E-state index in [1.165, 1.54) is 12.1 Å². The summed E-state index contributed by atoms with van der Waals surface area (Å²) in [6.45, 7) is 4.30. The van der Waals surface area contributed by atoms with Crippen LogP contribution in [0.5, 0.6) is 0 Å². The highest BCUT2D eigenvalue weighted by molar-refractivity contribution is 5.81. The molecule has 0 atom stereocenters. The zero-order valence-electron chi connectivity index (χ0n) is 12.1. The van der Waals surface area contributed by atoms with E-state index in [4.69, 9.17) is 5.73 Å². The molecule has 0 radical (unpaired) electrons. The Morgan fingerprint density at radius 2 is 2.00 bits per heavy atom. The number of halogens is 1. The Labute approximate surface area is 120 Å². The third-order valence-electron chi connectivity index (χ3n) is 3.01. The molecule has 112 valence electrons. The van der Waals surface area contributed by atoms with Gasteiger partial charge in [0, 0.05) is 18.8 Å². The van der Waals surface area contributed by atoms with Crippen molar-refractivity contribution < 1.29 is 9.18 Å². The van der Waals surface area contributed by atoms with Crippen molar-refractivity contribution in [2.75, 3.05) is 31.1 Å². The summed E-state index contributed by atoms with van der Waals surface area (Å²) >= 11 is 0. The first kappa shape index (κ1) is 16.4. The molecule has 0 bridgehead atoms. The van der Waals surface area contributed by atoms with Gasteiger partial charge in [0.1, 0.15) is 5.82 Å². The maximum Gasteiger partial charge on any atom is 0.239 e. The third kappa shape index (κ3) is 6.02. The number of nitrogens with zero attached hydrogens (tertiary/aromatic N) is 1. The number of nitrogens with one attached hydrogen (secondary N) is 1. The highest BCUT2D eigenvalue weighted by Crippen LogP contribution is 2.14. The number of nitrogens with two attached hydrogens (primary N) is 1. The molecular weight excluding hydrogens is 257 g/mol. The Morgan fingerprint density at radius 1 is 1.30 bits per heavy atom. The Hall–Kier alpha value is -1.62. The smallest absolute Gasteiger partial charge is 0.239 e. The van der Waals surface area contributed by atoms with E-state index in [1.54, 1.807) is 12.1 Å². The van der Waals surface area contributed by atoms with Gasteiger partial charge >= 0.3 is 0 Å². The van der Waals surface area contributed by atoms with Crippen molar-refractivity contribution in [3.8, 4) is 0 Å². The molecule has 0 unspecified atom stereocenters. The molecule has 1 aromatic rings. The van der Waals surface area contributed by atoms with Gasteiger partial charge in [-0.15, -0.1) is 0 Å². The molecule has 0 heterocycles. The van der Waals surface area contributed by atoms with Gasteiger partial charge in [-0.25, -0.2) is 4.39 Å². The van der Waals surface area contributed by atoms with Gasteiger partial charge in [-0.05, 0) is 43.7 Å². The monoisotopic (exact) mass is 281 g/mol. The predicted molar refractivity (Wildman–Crippen MR) is 80.2 cm³/mol. The van der Waals surface area contributed by atoms with Gasteiger partial charge in [0.2, 0.25) is 5.91 Å². The summed E-state index contributed by atoms with van der Waals surface area (Å²) in [6, 6.07) is 6.18. The lowest BCUT2D eigenvalue weighted by Gasteiger charge is -2.24. The minimum atomic E-state index is -0.278. The van der Waals surface area contributed by atoms with E-state index < -0.39 is 0 Å². The molecule has 0 spiro atoms. The van der Waals surface area contributed by atoms with Crippen LogP contribution in [0.1, 0.15) is 26.2 Å². The second-order valence-corrected chi connectivity index (χ2v) is 4.74. The van der Waals surface area contributed by atoms with Gasteiger partial charge in [-0.2, -0.15) is 0 Å². The van der Waals surface area contributed by atoms with Crippen LogP contribution < -0.4 is 16.0 Å². The van der Waals surface area contributed by atoms with Gasteiger partial charge in [0.25, 0.3) is 0 Å². The molecule has 0 aromatic heterocycles. The van der Waals surface area contributed by atoms with Crippen molar-refractivity contribution in [2.45, 2.75) is 26.2 Å². The number of rotatable bonds is 9. The SMILES string of the molecule is CCCCNC(=O)CN(CCCN)c1ccc(F)cc1. The lowest BCUT2D eigenvalue weighted by atomic mass is 10.2. The molecule has 4 nitrogen and oxygen atoms in total. The summed E-state index contributed by atoms with van der Waals surface area (Å²) in [5, 5.41) is 2.89. The summed E-state index contributed by atoms with van der Waals surface area (Å²) in [6.07, 6.45) is 2.82. The summed E-state index contributed by atoms with van der Waals surface area (Å²) in [4.78, 5) is 13.8. The molecule has 0 aliphatic rings. The van der Waals surface area contributed by atoms with E-state index >= 15 is 0 Å². The third-order valence-corrected chi connectivity index (χ3v) is 3.01. The molecule has 5 heteroatoms. The molecule has 0 saturated heterocycles. The van der Waals surface area contributed by atoms with E-state index in [0.717, 1.165) is 24.9 Å². The Bertz CT molecular complexity index is 395. The van der Waals surface area contributed by atoms with Crippen LogP contribution in [-0.2, 0) is 4.79 Å². The number of hydrogen-bond acceptors (Lipinski definition) is 3. The first-order chi connectivity index (χ1) is 9.67. The summed E-state index contributed by atoms with van der Waals surface area (Å²) in [5.74, 6) is -0.292. The minimum Gasteiger partial charge on any atom is -0.362 e. The van der Waals surface area contributed by atoms with E-state index in [9.17, 15) is 9.18 Å². The summed E-state index contributed by atoms with van der Waals surface area (Å²) < 4.78 is 13.0. The fourth-order valence-electron chi connectivity index (χ4n) is 1.87. The van der Waals surface area contributed by atoms with Crippen molar-refractivity contribution in [3.63, 3.8) is 0 Å². The van der Waals surface area contributed by atoms with Crippen LogP contribution in [0.15, 0.2) is 24.3 Å². The molecule has 1 amide bonds. The van der Waals surface area contributed by atoms with Crippen LogP contribution >= 0.6 is 0 Å². The molecule has 0 aliphatic carbocycles. The fraction of sp³-hybridized carbons (Fsp3) is 0.533. The van der Waals surface area contributed by atoms with Crippen molar-refractivity contribution in [2.24, 2.45) is 5.73 Å². The largest absolute Gasteiger partial charge is 0.362 e. The van der Waals surface area contributed by atoms with Crippen molar-refractivity contribution in [1.29, 1.82) is 0 Å². The van der Waals surface area contributed by atoms with Crippen LogP contribution in [0.3, 0.4) is 0 Å². The molecule has 0 saturated carbocycles. The van der Waals surface area contributed by atoms with Gasteiger partial charge in [0.15, 0.2) is 0 Å². The second kappa shape index (κ2) is 9.31. The van der Waals surface area contributed by atoms with Gasteiger partial charge < -0.3 is 16.0 Å². The molecular formula is C15H24FN3O. The lowest BCUT2D eigenvalue weighted by Crippen LogP contribution is -2.38. The lowest BCUT2D eigenvalue weighted by molar-refractivity contribution is -0.119. The summed E-state index contributed by atoms with van der Waals surface area (Å²) in [5.41, 5.74) is 6.36. The van der Waals surface area contributed by atoms with Gasteiger partial charge in [-0.3, -0.25) is 4.79 Å². The fourth-order valence-corrected chi connectivity index (χ4v) is 1.87. The van der Waals surface area contributed by atoms with Crippen LogP contribution in [-0.4, -0.2) is 32.1 Å². The number of carbonyl (C=O) groups is 1. The zero-order valence-corrected chi connectivity index (χ0v) is 12.1. The number of amides is 1. The van der Waals surface area contributed by atoms with E-state index in [-0.39, 0.29) is 18.3 Å². The predicted octanol–water partition coefficient (Wildman–Crippen LogP) is 1.90. The van der Waals surface area contributed by atoms with Crippen molar-refractivity contribution in [3.05, 3.63) is 30.1 Å². The Balaban J connectivity index is 2.59. The zero-order chi connectivity index (χ0) is 14.8. The second-order valence-electron chi connectivity index (χ2n) is 4.74. The van der Waals surface area contributed by atoms with Crippen LogP contribution in [0.2, 0.25) is 0 Å².